The highest BCUT2D eigenvalue weighted by Crippen LogP contribution is 2.39. The van der Waals surface area contributed by atoms with Crippen molar-refractivity contribution in [3.63, 3.8) is 0 Å². The summed E-state index contributed by atoms with van der Waals surface area (Å²) in [5.41, 5.74) is 2.46. The Morgan fingerprint density at radius 2 is 1.95 bits per heavy atom. The molecule has 0 saturated carbocycles. The molecule has 1 aliphatic heterocycles. The maximum absolute atomic E-state index is 14.0. The number of nitrogens with zero attached hydrogens (tertiary/aromatic N) is 1. The minimum Gasteiger partial charge on any atom is -0.322 e. The summed E-state index contributed by atoms with van der Waals surface area (Å²) in [6.07, 6.45) is 0.950. The highest BCUT2D eigenvalue weighted by Gasteiger charge is 2.32. The van der Waals surface area contributed by atoms with Gasteiger partial charge in [-0.25, -0.2) is 4.39 Å². The van der Waals surface area contributed by atoms with Gasteiger partial charge in [-0.2, -0.15) is 0 Å². The van der Waals surface area contributed by atoms with Crippen LogP contribution in [-0.4, -0.2) is 23.1 Å². The number of aryl methyl sites for hydroxylation is 1. The number of rotatable bonds is 3. The molecule has 22 heavy (non-hydrogen) atoms. The second-order valence-corrected chi connectivity index (χ2v) is 6.48. The van der Waals surface area contributed by atoms with Crippen LogP contribution in [0.1, 0.15) is 33.8 Å². The first-order chi connectivity index (χ1) is 10.7. The van der Waals surface area contributed by atoms with Crippen molar-refractivity contribution in [2.45, 2.75) is 18.7 Å². The topological polar surface area (TPSA) is 20.3 Å². The summed E-state index contributed by atoms with van der Waals surface area (Å²) in [6, 6.07) is 14.4. The molecule has 1 unspecified atom stereocenters. The summed E-state index contributed by atoms with van der Waals surface area (Å²) in [7, 11) is 0. The Bertz CT molecular complexity index is 671. The lowest BCUT2D eigenvalue weighted by Gasteiger charge is -2.24. The Morgan fingerprint density at radius 3 is 2.64 bits per heavy atom. The molecule has 2 aromatic carbocycles. The number of amides is 1. The first-order valence-corrected chi connectivity index (χ1v) is 8.51. The maximum Gasteiger partial charge on any atom is 0.255 e. The summed E-state index contributed by atoms with van der Waals surface area (Å²) in [5, 5.41) is -0.237. The largest absolute Gasteiger partial charge is 0.322 e. The predicted molar refractivity (Wildman–Crippen MR) is 88.5 cm³/mol. The van der Waals surface area contributed by atoms with Gasteiger partial charge in [0.15, 0.2) is 0 Å². The number of halogens is 1. The van der Waals surface area contributed by atoms with Gasteiger partial charge < -0.3 is 4.90 Å². The van der Waals surface area contributed by atoms with Crippen LogP contribution in [0.2, 0.25) is 0 Å². The standard InChI is InChI=1S/C18H18FNOS/c1-2-13-7-9-14(10-8-13)17(21)20-11-12-22-18(20)15-5-3-4-6-16(15)19/h3-10,18H,2,11-12H2,1H3. The molecule has 1 atom stereocenters. The monoisotopic (exact) mass is 315 g/mol. The number of benzene rings is 2. The summed E-state index contributed by atoms with van der Waals surface area (Å²) in [6.45, 7) is 2.74. The zero-order valence-electron chi connectivity index (χ0n) is 12.5. The van der Waals surface area contributed by atoms with E-state index in [-0.39, 0.29) is 17.1 Å². The van der Waals surface area contributed by atoms with Crippen molar-refractivity contribution in [3.05, 3.63) is 71.0 Å². The molecule has 1 heterocycles. The average Bonchev–Trinajstić information content (AvgIpc) is 3.04. The van der Waals surface area contributed by atoms with Gasteiger partial charge >= 0.3 is 0 Å². The molecular formula is C18H18FNOS. The second-order valence-electron chi connectivity index (χ2n) is 5.29. The van der Waals surface area contributed by atoms with Crippen molar-refractivity contribution in [3.8, 4) is 0 Å². The molecule has 114 valence electrons. The normalized spacial score (nSPS) is 17.7. The quantitative estimate of drug-likeness (QED) is 0.843. The second kappa shape index (κ2) is 6.53. The van der Waals surface area contributed by atoms with Crippen molar-refractivity contribution in [2.75, 3.05) is 12.3 Å². The van der Waals surface area contributed by atoms with E-state index in [1.807, 2.05) is 30.3 Å². The number of hydrogen-bond acceptors (Lipinski definition) is 2. The smallest absolute Gasteiger partial charge is 0.255 e. The Kier molecular flexibility index (Phi) is 4.48. The lowest BCUT2D eigenvalue weighted by Crippen LogP contribution is -2.30. The fourth-order valence-corrected chi connectivity index (χ4v) is 3.94. The molecule has 0 radical (unpaired) electrons. The molecule has 0 bridgehead atoms. The van der Waals surface area contributed by atoms with Gasteiger partial charge in [0, 0.05) is 23.4 Å². The van der Waals surface area contributed by atoms with E-state index in [0.717, 1.165) is 12.2 Å². The van der Waals surface area contributed by atoms with Crippen LogP contribution in [0.15, 0.2) is 48.5 Å². The molecule has 1 fully saturated rings. The van der Waals surface area contributed by atoms with E-state index in [0.29, 0.717) is 17.7 Å². The van der Waals surface area contributed by atoms with E-state index in [1.165, 1.54) is 11.6 Å². The van der Waals surface area contributed by atoms with Crippen LogP contribution < -0.4 is 0 Å². The van der Waals surface area contributed by atoms with E-state index in [9.17, 15) is 9.18 Å². The summed E-state index contributed by atoms with van der Waals surface area (Å²) in [4.78, 5) is 14.5. The summed E-state index contributed by atoms with van der Waals surface area (Å²) < 4.78 is 14.0. The van der Waals surface area contributed by atoms with Crippen LogP contribution in [0.25, 0.3) is 0 Å². The number of carbonyl (C=O) groups is 1. The maximum atomic E-state index is 14.0. The van der Waals surface area contributed by atoms with E-state index >= 15 is 0 Å². The zero-order valence-corrected chi connectivity index (χ0v) is 13.3. The van der Waals surface area contributed by atoms with Gasteiger partial charge in [0.2, 0.25) is 0 Å². The SMILES string of the molecule is CCc1ccc(C(=O)N2CCSC2c2ccccc2F)cc1. The minimum absolute atomic E-state index is 0.0269. The van der Waals surface area contributed by atoms with E-state index in [1.54, 1.807) is 28.8 Å². The van der Waals surface area contributed by atoms with Gasteiger partial charge in [0.05, 0.1) is 0 Å². The lowest BCUT2D eigenvalue weighted by molar-refractivity contribution is 0.0759. The summed E-state index contributed by atoms with van der Waals surface area (Å²) >= 11 is 1.61. The van der Waals surface area contributed by atoms with Crippen molar-refractivity contribution in [1.29, 1.82) is 0 Å². The number of hydrogen-bond donors (Lipinski definition) is 0. The third-order valence-corrected chi connectivity index (χ3v) is 5.17. The van der Waals surface area contributed by atoms with Gasteiger partial charge in [-0.1, -0.05) is 37.3 Å². The first-order valence-electron chi connectivity index (χ1n) is 7.46. The predicted octanol–water partition coefficient (Wildman–Crippen LogP) is 4.28. The molecule has 0 N–H and O–H groups in total. The van der Waals surface area contributed by atoms with Gasteiger partial charge in [-0.15, -0.1) is 11.8 Å². The minimum atomic E-state index is -0.249. The fourth-order valence-electron chi connectivity index (χ4n) is 2.66. The molecular weight excluding hydrogens is 297 g/mol. The van der Waals surface area contributed by atoms with Gasteiger partial charge in [-0.3, -0.25) is 4.79 Å². The average molecular weight is 315 g/mol. The van der Waals surface area contributed by atoms with Gasteiger partial charge in [-0.05, 0) is 30.2 Å². The lowest BCUT2D eigenvalue weighted by atomic mass is 10.1. The summed E-state index contributed by atoms with van der Waals surface area (Å²) in [5.74, 6) is 0.555. The third kappa shape index (κ3) is 2.88. The molecule has 0 aromatic heterocycles. The van der Waals surface area contributed by atoms with E-state index < -0.39 is 0 Å². The molecule has 4 heteroatoms. The molecule has 3 rings (SSSR count). The third-order valence-electron chi connectivity index (χ3n) is 3.93. The molecule has 1 saturated heterocycles. The van der Waals surface area contributed by atoms with Crippen molar-refractivity contribution < 1.29 is 9.18 Å². The Balaban J connectivity index is 1.86. The molecule has 1 amide bonds. The highest BCUT2D eigenvalue weighted by atomic mass is 32.2. The van der Waals surface area contributed by atoms with Crippen LogP contribution in [0.4, 0.5) is 4.39 Å². The molecule has 0 aliphatic carbocycles. The Hall–Kier alpha value is -1.81. The van der Waals surface area contributed by atoms with Crippen molar-refractivity contribution in [2.24, 2.45) is 0 Å². The van der Waals surface area contributed by atoms with Gasteiger partial charge in [0.25, 0.3) is 5.91 Å². The van der Waals surface area contributed by atoms with Crippen molar-refractivity contribution >= 4 is 17.7 Å². The van der Waals surface area contributed by atoms with Crippen LogP contribution in [0, 0.1) is 5.82 Å². The first kappa shape index (κ1) is 15.1. The molecule has 2 nitrogen and oxygen atoms in total. The number of carbonyl (C=O) groups excluding carboxylic acids is 1. The molecule has 0 spiro atoms. The van der Waals surface area contributed by atoms with E-state index in [4.69, 9.17) is 0 Å². The van der Waals surface area contributed by atoms with Crippen LogP contribution >= 0.6 is 11.8 Å². The van der Waals surface area contributed by atoms with Crippen LogP contribution in [0.5, 0.6) is 0 Å². The van der Waals surface area contributed by atoms with Crippen LogP contribution in [-0.2, 0) is 6.42 Å². The van der Waals surface area contributed by atoms with Crippen LogP contribution in [0.3, 0.4) is 0 Å². The fraction of sp³-hybridized carbons (Fsp3) is 0.278. The Morgan fingerprint density at radius 1 is 1.23 bits per heavy atom. The molecule has 1 aliphatic rings. The molecule has 2 aromatic rings. The Labute approximate surface area is 134 Å². The number of thioether (sulfide) groups is 1. The van der Waals surface area contributed by atoms with Gasteiger partial charge in [0.1, 0.15) is 11.2 Å². The zero-order chi connectivity index (χ0) is 15.5. The van der Waals surface area contributed by atoms with Crippen molar-refractivity contribution in [1.82, 2.24) is 4.90 Å². The van der Waals surface area contributed by atoms with E-state index in [2.05, 4.69) is 6.92 Å². The highest BCUT2D eigenvalue weighted by molar-refractivity contribution is 7.99.